The highest BCUT2D eigenvalue weighted by atomic mass is 35.5. The minimum absolute atomic E-state index is 0.365. The van der Waals surface area contributed by atoms with Crippen LogP contribution in [-0.4, -0.2) is 32.8 Å². The molecule has 2 N–H and O–H groups in total. The van der Waals surface area contributed by atoms with Gasteiger partial charge in [-0.05, 0) is 63.3 Å². The lowest BCUT2D eigenvalue weighted by molar-refractivity contribution is 0.518. The van der Waals surface area contributed by atoms with Crippen molar-refractivity contribution in [2.24, 2.45) is 10.7 Å². The van der Waals surface area contributed by atoms with Crippen LogP contribution in [0.1, 0.15) is 32.8 Å². The largest absolute Gasteiger partial charge is 0.400 e. The second-order valence-electron chi connectivity index (χ2n) is 6.74. The van der Waals surface area contributed by atoms with Crippen molar-refractivity contribution < 1.29 is 4.39 Å². The molecule has 0 fully saturated rings. The summed E-state index contributed by atoms with van der Waals surface area (Å²) in [5.74, 6) is -0.365. The zero-order valence-corrected chi connectivity index (χ0v) is 18.1. The van der Waals surface area contributed by atoms with Crippen molar-refractivity contribution in [1.82, 2.24) is 4.90 Å². The number of rotatable bonds is 7. The number of aliphatic imine (C=N–C) groups is 1. The van der Waals surface area contributed by atoms with Crippen molar-refractivity contribution in [3.8, 4) is 0 Å². The SMILES string of the molecule is C=NC(=C(/C)N)/C(=C\C(=C(/C)CC)N(C)c1c(C)cc(Cl)cc1F)N(C)C. The maximum absolute atomic E-state index is 14.7. The topological polar surface area (TPSA) is 44.9 Å². The van der Waals surface area contributed by atoms with Gasteiger partial charge in [0.1, 0.15) is 11.5 Å². The fraction of sp³-hybridized carbons (Fsp3) is 0.381. The fourth-order valence-electron chi connectivity index (χ4n) is 2.87. The Morgan fingerprint density at radius 2 is 1.89 bits per heavy atom. The van der Waals surface area contributed by atoms with Gasteiger partial charge in [-0.1, -0.05) is 18.5 Å². The lowest BCUT2D eigenvalue weighted by Gasteiger charge is -2.28. The highest BCUT2D eigenvalue weighted by Crippen LogP contribution is 2.32. The predicted molar refractivity (Wildman–Crippen MR) is 116 cm³/mol. The van der Waals surface area contributed by atoms with Crippen molar-refractivity contribution in [1.29, 1.82) is 0 Å². The number of anilines is 1. The lowest BCUT2D eigenvalue weighted by atomic mass is 10.1. The van der Waals surface area contributed by atoms with Crippen LogP contribution in [0.3, 0.4) is 0 Å². The van der Waals surface area contributed by atoms with Crippen LogP contribution >= 0.6 is 11.6 Å². The predicted octanol–water partition coefficient (Wildman–Crippen LogP) is 5.24. The molecule has 0 unspecified atom stereocenters. The van der Waals surface area contributed by atoms with Crippen molar-refractivity contribution in [3.63, 3.8) is 0 Å². The first kappa shape index (κ1) is 22.8. The van der Waals surface area contributed by atoms with E-state index in [2.05, 4.69) is 18.6 Å². The number of nitrogens with two attached hydrogens (primary N) is 1. The summed E-state index contributed by atoms with van der Waals surface area (Å²) < 4.78 is 14.7. The van der Waals surface area contributed by atoms with E-state index in [-0.39, 0.29) is 5.82 Å². The standard InChI is InChI=1S/C21H30ClFN4/c1-9-13(2)18(12-19(26(6)7)20(25-5)15(4)24)27(8)21-14(3)10-16(22)11-17(21)23/h10-12H,5,9,24H2,1-4,6-8H3/b18-13-,19-12+,20-15-. The number of hydrogen-bond donors (Lipinski definition) is 1. The van der Waals surface area contributed by atoms with Crippen LogP contribution in [0.15, 0.2) is 51.6 Å². The second-order valence-corrected chi connectivity index (χ2v) is 7.18. The first-order chi connectivity index (χ1) is 12.5. The molecule has 148 valence electrons. The summed E-state index contributed by atoms with van der Waals surface area (Å²) in [5, 5.41) is 0.379. The monoisotopic (exact) mass is 392 g/mol. The Labute approximate surface area is 167 Å². The molecule has 0 amide bonds. The van der Waals surface area contributed by atoms with Gasteiger partial charge in [0.25, 0.3) is 0 Å². The van der Waals surface area contributed by atoms with Gasteiger partial charge in [-0.2, -0.15) is 0 Å². The molecule has 0 aliphatic rings. The summed E-state index contributed by atoms with van der Waals surface area (Å²) in [6.45, 7) is 11.4. The Morgan fingerprint density at radius 3 is 2.30 bits per heavy atom. The maximum Gasteiger partial charge on any atom is 0.148 e. The summed E-state index contributed by atoms with van der Waals surface area (Å²) >= 11 is 5.99. The van der Waals surface area contributed by atoms with Crippen LogP contribution in [0.4, 0.5) is 10.1 Å². The summed E-state index contributed by atoms with van der Waals surface area (Å²) in [7, 11) is 5.66. The minimum Gasteiger partial charge on any atom is -0.400 e. The highest BCUT2D eigenvalue weighted by molar-refractivity contribution is 6.30. The van der Waals surface area contributed by atoms with Gasteiger partial charge in [0, 0.05) is 37.6 Å². The maximum atomic E-state index is 14.7. The molecule has 4 nitrogen and oxygen atoms in total. The van der Waals surface area contributed by atoms with Crippen molar-refractivity contribution in [2.75, 3.05) is 26.0 Å². The average molecular weight is 393 g/mol. The molecule has 1 rings (SSSR count). The normalized spacial score (nSPS) is 13.7. The van der Waals surface area contributed by atoms with Gasteiger partial charge in [-0.25, -0.2) is 4.39 Å². The molecule has 0 aliphatic carbocycles. The molecule has 0 bridgehead atoms. The van der Waals surface area contributed by atoms with Crippen LogP contribution in [0, 0.1) is 12.7 Å². The number of hydrogen-bond acceptors (Lipinski definition) is 4. The molecular formula is C21H30ClFN4. The fourth-order valence-corrected chi connectivity index (χ4v) is 3.13. The van der Waals surface area contributed by atoms with Gasteiger partial charge in [-0.15, -0.1) is 0 Å². The van der Waals surface area contributed by atoms with Gasteiger partial charge >= 0.3 is 0 Å². The molecule has 0 aromatic heterocycles. The van der Waals surface area contributed by atoms with E-state index in [0.717, 1.165) is 29.0 Å². The van der Waals surface area contributed by atoms with Gasteiger partial charge in [-0.3, -0.25) is 4.99 Å². The number of benzene rings is 1. The summed E-state index contributed by atoms with van der Waals surface area (Å²) in [6, 6.07) is 3.09. The Kier molecular flexibility index (Phi) is 8.10. The van der Waals surface area contributed by atoms with E-state index in [1.165, 1.54) is 6.07 Å². The molecule has 0 aliphatic heterocycles. The smallest absolute Gasteiger partial charge is 0.148 e. The first-order valence-electron chi connectivity index (χ1n) is 8.76. The molecule has 0 atom stereocenters. The second kappa shape index (κ2) is 9.60. The third-order valence-corrected chi connectivity index (χ3v) is 4.63. The zero-order valence-electron chi connectivity index (χ0n) is 17.3. The van der Waals surface area contributed by atoms with Gasteiger partial charge in [0.2, 0.25) is 0 Å². The third-order valence-electron chi connectivity index (χ3n) is 4.41. The molecule has 0 radical (unpaired) electrons. The number of nitrogens with zero attached hydrogens (tertiary/aromatic N) is 3. The zero-order chi connectivity index (χ0) is 20.9. The minimum atomic E-state index is -0.365. The van der Waals surface area contributed by atoms with Crippen molar-refractivity contribution >= 4 is 24.0 Å². The van der Waals surface area contributed by atoms with E-state index in [4.69, 9.17) is 17.3 Å². The summed E-state index contributed by atoms with van der Waals surface area (Å²) in [6.07, 6.45) is 2.78. The van der Waals surface area contributed by atoms with Crippen LogP contribution < -0.4 is 10.6 Å². The number of likely N-dealkylation sites (N-methyl/N-ethyl adjacent to an activating group) is 2. The molecule has 6 heteroatoms. The number of allylic oxidation sites excluding steroid dienone is 3. The molecule has 0 spiro atoms. The molecule has 0 saturated carbocycles. The highest BCUT2D eigenvalue weighted by Gasteiger charge is 2.18. The average Bonchev–Trinajstić information content (AvgIpc) is 2.56. The molecule has 0 heterocycles. The van der Waals surface area contributed by atoms with E-state index >= 15 is 0 Å². The Morgan fingerprint density at radius 1 is 1.30 bits per heavy atom. The van der Waals surface area contributed by atoms with Gasteiger partial charge in [0.05, 0.1) is 11.4 Å². The van der Waals surface area contributed by atoms with Gasteiger partial charge < -0.3 is 15.5 Å². The van der Waals surface area contributed by atoms with Gasteiger partial charge in [0.15, 0.2) is 0 Å². The molecule has 27 heavy (non-hydrogen) atoms. The van der Waals surface area contributed by atoms with Crippen molar-refractivity contribution in [2.45, 2.75) is 34.1 Å². The number of halogens is 2. The van der Waals surface area contributed by atoms with E-state index in [9.17, 15) is 4.39 Å². The van der Waals surface area contributed by atoms with Crippen LogP contribution in [0.2, 0.25) is 5.02 Å². The quantitative estimate of drug-likeness (QED) is 0.509. The van der Waals surface area contributed by atoms with E-state index in [0.29, 0.717) is 22.1 Å². The molecule has 1 aromatic carbocycles. The Hall–Kier alpha value is -2.27. The summed E-state index contributed by atoms with van der Waals surface area (Å²) in [4.78, 5) is 7.85. The van der Waals surface area contributed by atoms with E-state index in [1.54, 1.807) is 13.0 Å². The van der Waals surface area contributed by atoms with Crippen LogP contribution in [0.5, 0.6) is 0 Å². The van der Waals surface area contributed by atoms with Crippen LogP contribution in [0.25, 0.3) is 0 Å². The molecular weight excluding hydrogens is 363 g/mol. The van der Waals surface area contributed by atoms with Crippen LogP contribution in [-0.2, 0) is 0 Å². The Balaban J connectivity index is 3.70. The first-order valence-corrected chi connectivity index (χ1v) is 9.14. The number of aryl methyl sites for hydroxylation is 1. The van der Waals surface area contributed by atoms with E-state index < -0.39 is 0 Å². The summed E-state index contributed by atoms with van der Waals surface area (Å²) in [5.41, 5.74) is 11.2. The van der Waals surface area contributed by atoms with E-state index in [1.807, 2.05) is 50.9 Å². The lowest BCUT2D eigenvalue weighted by Crippen LogP contribution is -2.22. The Bertz CT molecular complexity index is 779. The third kappa shape index (κ3) is 5.36. The molecule has 0 saturated heterocycles. The molecule has 1 aromatic rings. The van der Waals surface area contributed by atoms with Crippen molar-refractivity contribution in [3.05, 3.63) is 63.0 Å².